The zero-order chi connectivity index (χ0) is 17.1. The number of alkyl halides is 1. The first kappa shape index (κ1) is 19.3. The number of aliphatic hydroxyl groups is 1. The molecule has 0 aliphatic carbocycles. The molecule has 1 unspecified atom stereocenters. The Hall–Kier alpha value is -1.77. The lowest BCUT2D eigenvalue weighted by Crippen LogP contribution is -2.20. The topological polar surface area (TPSA) is 82.4 Å². The van der Waals surface area contributed by atoms with E-state index in [1.807, 2.05) is 6.07 Å². The van der Waals surface area contributed by atoms with Crippen molar-refractivity contribution in [3.8, 4) is 11.8 Å². The van der Waals surface area contributed by atoms with Crippen molar-refractivity contribution in [3.05, 3.63) is 23.8 Å². The average molecular weight is 339 g/mol. The van der Waals surface area contributed by atoms with E-state index in [-0.39, 0.29) is 24.1 Å². The predicted octanol–water partition coefficient (Wildman–Crippen LogP) is 3.45. The third kappa shape index (κ3) is 6.89. The van der Waals surface area contributed by atoms with Gasteiger partial charge in [-0.3, -0.25) is 4.79 Å². The normalized spacial score (nSPS) is 11.6. The number of benzene rings is 1. The smallest absolute Gasteiger partial charge is 0.224 e. The minimum atomic E-state index is -0.832. The summed E-state index contributed by atoms with van der Waals surface area (Å²) in [5.41, 5.74) is 0.738. The number of anilines is 1. The van der Waals surface area contributed by atoms with Gasteiger partial charge >= 0.3 is 0 Å². The molecular formula is C17H23ClN2O3. The first-order chi connectivity index (χ1) is 11.1. The van der Waals surface area contributed by atoms with E-state index >= 15 is 0 Å². The molecule has 1 rings (SSSR count). The van der Waals surface area contributed by atoms with Gasteiger partial charge in [0.25, 0.3) is 0 Å². The Morgan fingerprint density at radius 3 is 2.87 bits per heavy atom. The molecule has 0 saturated carbocycles. The second-order valence-electron chi connectivity index (χ2n) is 5.27. The van der Waals surface area contributed by atoms with Gasteiger partial charge in [0.1, 0.15) is 18.8 Å². The average Bonchev–Trinajstić information content (AvgIpc) is 2.57. The number of amides is 1. The third-order valence-corrected chi connectivity index (χ3v) is 3.62. The summed E-state index contributed by atoms with van der Waals surface area (Å²) in [6.07, 6.45) is 3.68. The van der Waals surface area contributed by atoms with Gasteiger partial charge in [-0.1, -0.05) is 32.3 Å². The SMILES string of the molecule is CCCCCCC(=O)Nc1cccc(C#N)c1OCC(O)CCl. The van der Waals surface area contributed by atoms with Crippen molar-refractivity contribution in [2.24, 2.45) is 0 Å². The van der Waals surface area contributed by atoms with Crippen LogP contribution in [0.3, 0.4) is 0 Å². The Morgan fingerprint density at radius 1 is 1.43 bits per heavy atom. The number of rotatable bonds is 10. The van der Waals surface area contributed by atoms with Crippen LogP contribution in [0.1, 0.15) is 44.6 Å². The van der Waals surface area contributed by atoms with Crippen LogP contribution < -0.4 is 10.1 Å². The van der Waals surface area contributed by atoms with Crippen LogP contribution >= 0.6 is 11.6 Å². The molecule has 0 spiro atoms. The van der Waals surface area contributed by atoms with Crippen molar-refractivity contribution in [1.82, 2.24) is 0 Å². The minimum absolute atomic E-state index is 0.0356. The van der Waals surface area contributed by atoms with E-state index in [1.165, 1.54) is 0 Å². The highest BCUT2D eigenvalue weighted by atomic mass is 35.5. The molecule has 0 aliphatic heterocycles. The molecule has 1 atom stereocenters. The number of ether oxygens (including phenoxy) is 1. The van der Waals surface area contributed by atoms with Crippen molar-refractivity contribution in [1.29, 1.82) is 5.26 Å². The first-order valence-corrected chi connectivity index (χ1v) is 8.35. The number of nitrogens with one attached hydrogen (secondary N) is 1. The van der Waals surface area contributed by atoms with Gasteiger partial charge in [-0.2, -0.15) is 5.26 Å². The summed E-state index contributed by atoms with van der Waals surface area (Å²) in [5, 5.41) is 21.4. The maximum Gasteiger partial charge on any atom is 0.224 e. The fourth-order valence-corrected chi connectivity index (χ4v) is 2.12. The molecule has 0 aliphatic rings. The minimum Gasteiger partial charge on any atom is -0.487 e. The number of halogens is 1. The fraction of sp³-hybridized carbons (Fsp3) is 0.529. The Bertz CT molecular complexity index is 543. The van der Waals surface area contributed by atoms with Crippen molar-refractivity contribution in [2.45, 2.75) is 45.1 Å². The maximum absolute atomic E-state index is 12.0. The number of carbonyl (C=O) groups excluding carboxylic acids is 1. The van der Waals surface area contributed by atoms with Crippen LogP contribution in [-0.2, 0) is 4.79 Å². The molecule has 126 valence electrons. The molecule has 1 amide bonds. The zero-order valence-corrected chi connectivity index (χ0v) is 14.1. The van der Waals surface area contributed by atoms with Crippen LogP contribution in [0.5, 0.6) is 5.75 Å². The predicted molar refractivity (Wildman–Crippen MR) is 90.8 cm³/mol. The Balaban J connectivity index is 2.73. The van der Waals surface area contributed by atoms with E-state index in [4.69, 9.17) is 21.6 Å². The van der Waals surface area contributed by atoms with E-state index in [9.17, 15) is 9.90 Å². The molecule has 0 heterocycles. The summed E-state index contributed by atoms with van der Waals surface area (Å²) < 4.78 is 5.48. The molecule has 1 aromatic rings. The lowest BCUT2D eigenvalue weighted by atomic mass is 10.1. The summed E-state index contributed by atoms with van der Waals surface area (Å²) in [6.45, 7) is 2.08. The highest BCUT2D eigenvalue weighted by Gasteiger charge is 2.14. The number of hydrogen-bond donors (Lipinski definition) is 2. The highest BCUT2D eigenvalue weighted by molar-refractivity contribution is 6.18. The monoisotopic (exact) mass is 338 g/mol. The van der Waals surface area contributed by atoms with Gasteiger partial charge in [0.2, 0.25) is 5.91 Å². The van der Waals surface area contributed by atoms with E-state index in [0.29, 0.717) is 17.7 Å². The molecule has 0 bridgehead atoms. The van der Waals surface area contributed by atoms with E-state index in [2.05, 4.69) is 12.2 Å². The molecule has 0 saturated heterocycles. The molecule has 5 nitrogen and oxygen atoms in total. The molecule has 23 heavy (non-hydrogen) atoms. The summed E-state index contributed by atoms with van der Waals surface area (Å²) in [6, 6.07) is 6.97. The molecule has 1 aromatic carbocycles. The van der Waals surface area contributed by atoms with Gasteiger partial charge in [0.15, 0.2) is 5.75 Å². The Kier molecular flexibility index (Phi) is 9.11. The summed E-state index contributed by atoms with van der Waals surface area (Å²) in [7, 11) is 0. The van der Waals surface area contributed by atoms with Crippen LogP contribution in [-0.4, -0.2) is 29.6 Å². The van der Waals surface area contributed by atoms with Gasteiger partial charge in [-0.05, 0) is 18.6 Å². The lowest BCUT2D eigenvalue weighted by Gasteiger charge is -2.15. The number of nitrogens with zero attached hydrogens (tertiary/aromatic N) is 1. The van der Waals surface area contributed by atoms with Crippen molar-refractivity contribution in [2.75, 3.05) is 17.8 Å². The summed E-state index contributed by atoms with van der Waals surface area (Å²) in [4.78, 5) is 12.0. The van der Waals surface area contributed by atoms with Crippen LogP contribution in [0.4, 0.5) is 5.69 Å². The van der Waals surface area contributed by atoms with Gasteiger partial charge in [0.05, 0.1) is 17.1 Å². The largest absolute Gasteiger partial charge is 0.487 e. The van der Waals surface area contributed by atoms with Crippen LogP contribution in [0.25, 0.3) is 0 Å². The number of unbranched alkanes of at least 4 members (excludes halogenated alkanes) is 3. The standard InChI is InChI=1S/C17H23ClN2O3/c1-2-3-4-5-9-16(22)20-15-8-6-7-13(11-19)17(15)23-12-14(21)10-18/h6-8,14,21H,2-5,9-10,12H2,1H3,(H,20,22). The lowest BCUT2D eigenvalue weighted by molar-refractivity contribution is -0.116. The Morgan fingerprint density at radius 2 is 2.22 bits per heavy atom. The summed E-state index contributed by atoms with van der Waals surface area (Å²) in [5.74, 6) is 0.188. The van der Waals surface area contributed by atoms with Crippen molar-refractivity contribution in [3.63, 3.8) is 0 Å². The maximum atomic E-state index is 12.0. The number of hydrogen-bond acceptors (Lipinski definition) is 4. The number of para-hydroxylation sites is 1. The Labute approximate surface area is 142 Å². The molecule has 0 aromatic heterocycles. The summed E-state index contributed by atoms with van der Waals surface area (Å²) >= 11 is 5.53. The molecule has 0 radical (unpaired) electrons. The molecule has 6 heteroatoms. The second-order valence-corrected chi connectivity index (χ2v) is 5.58. The second kappa shape index (κ2) is 10.9. The first-order valence-electron chi connectivity index (χ1n) is 7.82. The fourth-order valence-electron chi connectivity index (χ4n) is 2.03. The number of carbonyl (C=O) groups is 1. The van der Waals surface area contributed by atoms with Gasteiger partial charge in [0, 0.05) is 6.42 Å². The number of aliphatic hydroxyl groups excluding tert-OH is 1. The van der Waals surface area contributed by atoms with Crippen molar-refractivity contribution < 1.29 is 14.6 Å². The molecule has 0 fully saturated rings. The van der Waals surface area contributed by atoms with Crippen molar-refractivity contribution >= 4 is 23.2 Å². The van der Waals surface area contributed by atoms with Gasteiger partial charge in [-0.25, -0.2) is 0 Å². The molecular weight excluding hydrogens is 316 g/mol. The van der Waals surface area contributed by atoms with E-state index < -0.39 is 6.10 Å². The van der Waals surface area contributed by atoms with Gasteiger partial charge in [-0.15, -0.1) is 11.6 Å². The van der Waals surface area contributed by atoms with E-state index in [1.54, 1.807) is 18.2 Å². The number of nitriles is 1. The van der Waals surface area contributed by atoms with Gasteiger partial charge < -0.3 is 15.2 Å². The quantitative estimate of drug-likeness (QED) is 0.505. The van der Waals surface area contributed by atoms with Crippen LogP contribution in [0.2, 0.25) is 0 Å². The highest BCUT2D eigenvalue weighted by Crippen LogP contribution is 2.29. The molecule has 2 N–H and O–H groups in total. The van der Waals surface area contributed by atoms with Crippen LogP contribution in [0.15, 0.2) is 18.2 Å². The zero-order valence-electron chi connectivity index (χ0n) is 13.3. The third-order valence-electron chi connectivity index (χ3n) is 3.27. The van der Waals surface area contributed by atoms with E-state index in [0.717, 1.165) is 25.7 Å². The van der Waals surface area contributed by atoms with Crippen LogP contribution in [0, 0.1) is 11.3 Å².